The number of amides is 1. The van der Waals surface area contributed by atoms with Crippen molar-refractivity contribution in [2.24, 2.45) is 11.8 Å². The third kappa shape index (κ3) is 3.43. The van der Waals surface area contributed by atoms with Crippen LogP contribution in [0.15, 0.2) is 41.2 Å². The Balaban J connectivity index is 1.32. The Kier molecular flexibility index (Phi) is 4.61. The number of hydrogen-bond acceptors (Lipinski definition) is 6. The van der Waals surface area contributed by atoms with Crippen LogP contribution in [0.25, 0.3) is 11.4 Å². The van der Waals surface area contributed by atoms with Gasteiger partial charge in [0.05, 0.1) is 11.6 Å². The van der Waals surface area contributed by atoms with Gasteiger partial charge in [0.2, 0.25) is 11.7 Å². The number of aromatic nitrogens is 4. The summed E-state index contributed by atoms with van der Waals surface area (Å²) in [5, 5.41) is 7.62. The summed E-state index contributed by atoms with van der Waals surface area (Å²) in [5.74, 6) is 1.47. The molecule has 33 heavy (non-hydrogen) atoms. The molecule has 8 heteroatoms. The van der Waals surface area contributed by atoms with Crippen molar-refractivity contribution in [2.75, 3.05) is 0 Å². The summed E-state index contributed by atoms with van der Waals surface area (Å²) >= 11 is 0. The number of fused-ring (bicyclic) bond motifs is 2. The Morgan fingerprint density at radius 1 is 1.18 bits per heavy atom. The van der Waals surface area contributed by atoms with Crippen LogP contribution in [-0.2, 0) is 5.41 Å². The number of nitrogens with zero attached hydrogens (tertiary/aromatic N) is 4. The molecule has 0 aromatic carbocycles. The molecule has 0 aliphatic heterocycles. The number of carbonyl (C=O) groups excluding carboxylic acids is 1. The fourth-order valence-electron chi connectivity index (χ4n) is 6.62. The summed E-state index contributed by atoms with van der Waals surface area (Å²) < 4.78 is 19.2. The summed E-state index contributed by atoms with van der Waals surface area (Å²) in [6, 6.07) is 6.61. The molecule has 3 bridgehead atoms. The Hall–Kier alpha value is -3.16. The quantitative estimate of drug-likeness (QED) is 0.638. The van der Waals surface area contributed by atoms with Crippen LogP contribution < -0.4 is 5.32 Å². The minimum atomic E-state index is -0.450. The number of hydrogen-bond donors (Lipinski definition) is 1. The fraction of sp³-hybridized carbons (Fsp3) is 0.480. The molecule has 3 aliphatic carbocycles. The van der Waals surface area contributed by atoms with Crippen LogP contribution in [0.5, 0.6) is 0 Å². The van der Waals surface area contributed by atoms with Crippen molar-refractivity contribution in [3.8, 4) is 11.4 Å². The van der Waals surface area contributed by atoms with Crippen molar-refractivity contribution >= 4 is 5.91 Å². The number of pyridine rings is 2. The van der Waals surface area contributed by atoms with Gasteiger partial charge in [-0.1, -0.05) is 18.0 Å². The van der Waals surface area contributed by atoms with E-state index in [0.717, 1.165) is 62.4 Å². The average molecular weight is 448 g/mol. The third-order valence-corrected chi connectivity index (χ3v) is 7.98. The molecule has 4 atom stereocenters. The number of carbonyl (C=O) groups is 1. The highest BCUT2D eigenvalue weighted by atomic mass is 19.1. The van der Waals surface area contributed by atoms with Crippen LogP contribution >= 0.6 is 0 Å². The van der Waals surface area contributed by atoms with E-state index in [2.05, 4.69) is 20.4 Å². The maximum Gasteiger partial charge on any atom is 0.270 e. The molecule has 0 saturated heterocycles. The van der Waals surface area contributed by atoms with Gasteiger partial charge in [0, 0.05) is 23.0 Å². The summed E-state index contributed by atoms with van der Waals surface area (Å²) in [7, 11) is 0. The standard InChI is InChI=1S/C25H26FN5O2/c1-15-4-5-17(12-27-15)21-29-23(33-31-21)24-10-16-3-2-8-25(14-24,18(9-16)11-24)30-22(32)20-7-6-19(26)13-28-20/h4-7,12-13,16,18H,2-3,8-11,14H2,1H3,(H,30,32). The summed E-state index contributed by atoms with van der Waals surface area (Å²) in [6.07, 6.45) is 9.82. The first-order chi connectivity index (χ1) is 15.9. The number of nitrogens with one attached hydrogen (secondary N) is 1. The lowest BCUT2D eigenvalue weighted by atomic mass is 9.69. The first kappa shape index (κ1) is 20.4. The average Bonchev–Trinajstić information content (AvgIpc) is 3.34. The van der Waals surface area contributed by atoms with E-state index in [0.29, 0.717) is 23.6 Å². The van der Waals surface area contributed by atoms with E-state index in [-0.39, 0.29) is 22.6 Å². The van der Waals surface area contributed by atoms with Gasteiger partial charge in [0.25, 0.3) is 5.91 Å². The van der Waals surface area contributed by atoms with Gasteiger partial charge in [-0.25, -0.2) is 9.37 Å². The molecular weight excluding hydrogens is 421 g/mol. The number of rotatable bonds is 4. The van der Waals surface area contributed by atoms with Crippen LogP contribution in [-0.4, -0.2) is 31.6 Å². The fourth-order valence-corrected chi connectivity index (χ4v) is 6.62. The molecular formula is C25H26FN5O2. The van der Waals surface area contributed by atoms with Gasteiger partial charge in [-0.2, -0.15) is 4.98 Å². The van der Waals surface area contributed by atoms with Crippen molar-refractivity contribution in [3.63, 3.8) is 0 Å². The van der Waals surface area contributed by atoms with E-state index in [1.54, 1.807) is 6.20 Å². The lowest BCUT2D eigenvalue weighted by Crippen LogP contribution is -2.51. The lowest BCUT2D eigenvalue weighted by Gasteiger charge is -2.35. The van der Waals surface area contributed by atoms with Crippen LogP contribution in [0.1, 0.15) is 67.0 Å². The largest absolute Gasteiger partial charge is 0.345 e. The van der Waals surface area contributed by atoms with Gasteiger partial charge >= 0.3 is 0 Å². The summed E-state index contributed by atoms with van der Waals surface area (Å²) in [4.78, 5) is 26.3. The Bertz CT molecular complexity index is 1190. The van der Waals surface area contributed by atoms with Crippen molar-refractivity contribution in [2.45, 2.75) is 62.8 Å². The highest BCUT2D eigenvalue weighted by molar-refractivity contribution is 5.92. The van der Waals surface area contributed by atoms with Crippen molar-refractivity contribution < 1.29 is 13.7 Å². The second kappa shape index (κ2) is 7.43. The molecule has 7 nitrogen and oxygen atoms in total. The highest BCUT2D eigenvalue weighted by Gasteiger charge is 2.62. The molecule has 3 aromatic rings. The smallest absolute Gasteiger partial charge is 0.270 e. The van der Waals surface area contributed by atoms with Gasteiger partial charge < -0.3 is 9.84 Å². The van der Waals surface area contributed by atoms with Crippen molar-refractivity contribution in [3.05, 3.63) is 59.8 Å². The zero-order valence-corrected chi connectivity index (χ0v) is 18.6. The predicted octanol–water partition coefficient (Wildman–Crippen LogP) is 4.38. The van der Waals surface area contributed by atoms with Gasteiger partial charge in [-0.3, -0.25) is 9.78 Å². The monoisotopic (exact) mass is 447 g/mol. The predicted molar refractivity (Wildman–Crippen MR) is 118 cm³/mol. The van der Waals surface area contributed by atoms with Crippen LogP contribution in [0.3, 0.4) is 0 Å². The van der Waals surface area contributed by atoms with E-state index >= 15 is 0 Å². The molecule has 170 valence electrons. The van der Waals surface area contributed by atoms with E-state index in [1.807, 2.05) is 19.1 Å². The normalized spacial score (nSPS) is 30.2. The molecule has 1 N–H and O–H groups in total. The molecule has 3 saturated carbocycles. The van der Waals surface area contributed by atoms with Gasteiger partial charge in [-0.05, 0) is 75.1 Å². The molecule has 1 amide bonds. The zero-order chi connectivity index (χ0) is 22.6. The first-order valence-corrected chi connectivity index (χ1v) is 11.7. The van der Waals surface area contributed by atoms with E-state index in [4.69, 9.17) is 9.51 Å². The molecule has 0 spiro atoms. The van der Waals surface area contributed by atoms with Crippen LogP contribution in [0.2, 0.25) is 0 Å². The minimum absolute atomic E-state index is 0.235. The first-order valence-electron chi connectivity index (χ1n) is 11.7. The molecule has 3 heterocycles. The molecule has 3 fully saturated rings. The molecule has 0 radical (unpaired) electrons. The van der Waals surface area contributed by atoms with Crippen molar-refractivity contribution in [1.29, 1.82) is 0 Å². The van der Waals surface area contributed by atoms with E-state index in [1.165, 1.54) is 12.1 Å². The third-order valence-electron chi connectivity index (χ3n) is 7.98. The molecule has 4 unspecified atom stereocenters. The Morgan fingerprint density at radius 3 is 2.88 bits per heavy atom. The SMILES string of the molecule is Cc1ccc(-c2noc(C34CC5CCCC(NC(=O)c6ccc(F)cn6)(C3)C(C5)C4)n2)cn1. The lowest BCUT2D eigenvalue weighted by molar-refractivity contribution is 0.0856. The number of halogens is 1. The van der Waals surface area contributed by atoms with Crippen LogP contribution in [0, 0.1) is 24.6 Å². The topological polar surface area (TPSA) is 93.8 Å². The Labute approximate surface area is 191 Å². The van der Waals surface area contributed by atoms with Gasteiger partial charge in [0.15, 0.2) is 0 Å². The van der Waals surface area contributed by atoms with Gasteiger partial charge in [0.1, 0.15) is 11.5 Å². The molecule has 6 rings (SSSR count). The van der Waals surface area contributed by atoms with Crippen LogP contribution in [0.4, 0.5) is 4.39 Å². The second-order valence-corrected chi connectivity index (χ2v) is 10.1. The molecule has 3 aliphatic rings. The van der Waals surface area contributed by atoms with E-state index < -0.39 is 5.82 Å². The number of aryl methyl sites for hydroxylation is 1. The molecule has 3 aromatic heterocycles. The van der Waals surface area contributed by atoms with E-state index in [9.17, 15) is 9.18 Å². The summed E-state index contributed by atoms with van der Waals surface area (Å²) in [5.41, 5.74) is 1.45. The highest BCUT2D eigenvalue weighted by Crippen LogP contribution is 2.62. The zero-order valence-electron chi connectivity index (χ0n) is 18.6. The summed E-state index contributed by atoms with van der Waals surface area (Å²) in [6.45, 7) is 1.94. The minimum Gasteiger partial charge on any atom is -0.345 e. The maximum absolute atomic E-state index is 13.3. The van der Waals surface area contributed by atoms with Crippen molar-refractivity contribution in [1.82, 2.24) is 25.4 Å². The second-order valence-electron chi connectivity index (χ2n) is 10.1. The van der Waals surface area contributed by atoms with Gasteiger partial charge in [-0.15, -0.1) is 0 Å². The Morgan fingerprint density at radius 2 is 2.09 bits per heavy atom. The maximum atomic E-state index is 13.3.